The van der Waals surface area contributed by atoms with Crippen molar-refractivity contribution in [1.82, 2.24) is 10.2 Å². The van der Waals surface area contributed by atoms with Gasteiger partial charge in [0.1, 0.15) is 5.82 Å². The van der Waals surface area contributed by atoms with Crippen molar-refractivity contribution < 1.29 is 0 Å². The third-order valence-electron chi connectivity index (χ3n) is 3.56. The highest BCUT2D eigenvalue weighted by molar-refractivity contribution is 5.35. The second-order valence-corrected chi connectivity index (χ2v) is 6.31. The van der Waals surface area contributed by atoms with E-state index in [0.29, 0.717) is 12.1 Å². The Balaban J connectivity index is 1.94. The van der Waals surface area contributed by atoms with Crippen LogP contribution in [0.25, 0.3) is 0 Å². The lowest BCUT2D eigenvalue weighted by Crippen LogP contribution is -2.33. The molecular formula is C14H24N4. The van der Waals surface area contributed by atoms with Gasteiger partial charge in [-0.2, -0.15) is 5.10 Å². The van der Waals surface area contributed by atoms with Gasteiger partial charge < -0.3 is 11.1 Å². The van der Waals surface area contributed by atoms with Crippen LogP contribution in [0.3, 0.4) is 0 Å². The zero-order valence-electron chi connectivity index (χ0n) is 11.6. The van der Waals surface area contributed by atoms with Crippen LogP contribution in [0.1, 0.15) is 52.1 Å². The minimum atomic E-state index is 0.0587. The standard InChI is InChI=1S/C14H24N4/c1-14(2,3)12-8-9-13(18-17-12)16-11-6-4-10(15)5-7-11/h8-11H,4-7,15H2,1-3H3,(H,16,18). The van der Waals surface area contributed by atoms with Crippen molar-refractivity contribution in [2.75, 3.05) is 5.32 Å². The number of nitrogens with zero attached hydrogens (tertiary/aromatic N) is 2. The topological polar surface area (TPSA) is 63.8 Å². The van der Waals surface area contributed by atoms with E-state index in [2.05, 4.69) is 42.4 Å². The lowest BCUT2D eigenvalue weighted by Gasteiger charge is -2.27. The van der Waals surface area contributed by atoms with E-state index in [4.69, 9.17) is 5.73 Å². The molecule has 1 saturated carbocycles. The second-order valence-electron chi connectivity index (χ2n) is 6.31. The summed E-state index contributed by atoms with van der Waals surface area (Å²) in [6.45, 7) is 6.44. The first-order valence-corrected chi connectivity index (χ1v) is 6.81. The molecule has 0 bridgehead atoms. The first-order valence-electron chi connectivity index (χ1n) is 6.81. The first-order chi connectivity index (χ1) is 8.45. The SMILES string of the molecule is CC(C)(C)c1ccc(NC2CCC(N)CC2)nn1. The monoisotopic (exact) mass is 248 g/mol. The third kappa shape index (κ3) is 3.42. The van der Waals surface area contributed by atoms with E-state index in [0.717, 1.165) is 37.2 Å². The molecule has 1 fully saturated rings. The summed E-state index contributed by atoms with van der Waals surface area (Å²) in [6.07, 6.45) is 4.46. The molecule has 2 rings (SSSR count). The molecule has 0 spiro atoms. The van der Waals surface area contributed by atoms with Crippen LogP contribution in [0.4, 0.5) is 5.82 Å². The average Bonchev–Trinajstić information content (AvgIpc) is 2.32. The van der Waals surface area contributed by atoms with Crippen LogP contribution in [-0.2, 0) is 5.41 Å². The van der Waals surface area contributed by atoms with Crippen molar-refractivity contribution >= 4 is 5.82 Å². The highest BCUT2D eigenvalue weighted by Gasteiger charge is 2.19. The Bertz CT molecular complexity index is 372. The molecule has 0 radical (unpaired) electrons. The fourth-order valence-corrected chi connectivity index (χ4v) is 2.28. The maximum Gasteiger partial charge on any atom is 0.148 e. The van der Waals surface area contributed by atoms with E-state index in [1.165, 1.54) is 0 Å². The molecule has 1 aromatic rings. The van der Waals surface area contributed by atoms with Crippen molar-refractivity contribution in [1.29, 1.82) is 0 Å². The summed E-state index contributed by atoms with van der Waals surface area (Å²) in [4.78, 5) is 0. The zero-order valence-corrected chi connectivity index (χ0v) is 11.6. The van der Waals surface area contributed by atoms with Gasteiger partial charge >= 0.3 is 0 Å². The van der Waals surface area contributed by atoms with E-state index in [1.54, 1.807) is 0 Å². The smallest absolute Gasteiger partial charge is 0.148 e. The Kier molecular flexibility index (Phi) is 3.85. The van der Waals surface area contributed by atoms with E-state index < -0.39 is 0 Å². The minimum absolute atomic E-state index is 0.0587. The van der Waals surface area contributed by atoms with E-state index in [1.807, 2.05) is 6.07 Å². The van der Waals surface area contributed by atoms with Crippen molar-refractivity contribution in [3.8, 4) is 0 Å². The van der Waals surface area contributed by atoms with E-state index in [-0.39, 0.29) is 5.41 Å². The summed E-state index contributed by atoms with van der Waals surface area (Å²) in [5, 5.41) is 12.0. The molecule has 100 valence electrons. The maximum absolute atomic E-state index is 5.90. The molecule has 18 heavy (non-hydrogen) atoms. The van der Waals surface area contributed by atoms with Crippen LogP contribution >= 0.6 is 0 Å². The van der Waals surface area contributed by atoms with Crippen LogP contribution in [0.15, 0.2) is 12.1 Å². The quantitative estimate of drug-likeness (QED) is 0.844. The van der Waals surface area contributed by atoms with Crippen LogP contribution in [0, 0.1) is 0 Å². The van der Waals surface area contributed by atoms with Crippen molar-refractivity contribution in [2.45, 2.75) is 64.0 Å². The number of hydrogen-bond acceptors (Lipinski definition) is 4. The number of nitrogens with one attached hydrogen (secondary N) is 1. The summed E-state index contributed by atoms with van der Waals surface area (Å²) in [7, 11) is 0. The fraction of sp³-hybridized carbons (Fsp3) is 0.714. The zero-order chi connectivity index (χ0) is 13.2. The van der Waals surface area contributed by atoms with E-state index in [9.17, 15) is 0 Å². The molecule has 1 aliphatic rings. The fourth-order valence-electron chi connectivity index (χ4n) is 2.28. The van der Waals surface area contributed by atoms with Gasteiger partial charge in [-0.1, -0.05) is 20.8 Å². The molecular weight excluding hydrogens is 224 g/mol. The number of aromatic nitrogens is 2. The van der Waals surface area contributed by atoms with Crippen molar-refractivity contribution in [2.24, 2.45) is 5.73 Å². The summed E-state index contributed by atoms with van der Waals surface area (Å²) in [5.74, 6) is 0.878. The largest absolute Gasteiger partial charge is 0.366 e. The molecule has 0 saturated heterocycles. The third-order valence-corrected chi connectivity index (χ3v) is 3.56. The van der Waals surface area contributed by atoms with Gasteiger partial charge in [0.15, 0.2) is 0 Å². The van der Waals surface area contributed by atoms with Gasteiger partial charge in [0.05, 0.1) is 5.69 Å². The van der Waals surface area contributed by atoms with Gasteiger partial charge in [-0.15, -0.1) is 5.10 Å². The summed E-state index contributed by atoms with van der Waals surface area (Å²) in [6, 6.07) is 4.98. The van der Waals surface area contributed by atoms with Crippen LogP contribution < -0.4 is 11.1 Å². The Hall–Kier alpha value is -1.16. The lowest BCUT2D eigenvalue weighted by molar-refractivity contribution is 0.410. The predicted octanol–water partition coefficient (Wildman–Crippen LogP) is 2.46. The Morgan fingerprint density at radius 1 is 1.11 bits per heavy atom. The van der Waals surface area contributed by atoms with Crippen molar-refractivity contribution in [3.05, 3.63) is 17.8 Å². The van der Waals surface area contributed by atoms with Gasteiger partial charge in [0.25, 0.3) is 0 Å². The Morgan fingerprint density at radius 3 is 2.28 bits per heavy atom. The lowest BCUT2D eigenvalue weighted by atomic mass is 9.91. The molecule has 1 aromatic heterocycles. The molecule has 1 heterocycles. The molecule has 0 unspecified atom stereocenters. The molecule has 0 aromatic carbocycles. The van der Waals surface area contributed by atoms with Gasteiger partial charge in [-0.05, 0) is 37.8 Å². The maximum atomic E-state index is 5.90. The van der Waals surface area contributed by atoms with Crippen LogP contribution in [0.5, 0.6) is 0 Å². The average molecular weight is 248 g/mol. The Labute approximate surface area is 109 Å². The summed E-state index contributed by atoms with van der Waals surface area (Å²) >= 11 is 0. The molecule has 0 amide bonds. The van der Waals surface area contributed by atoms with Gasteiger partial charge in [-0.25, -0.2) is 0 Å². The van der Waals surface area contributed by atoms with Gasteiger partial charge in [0, 0.05) is 17.5 Å². The van der Waals surface area contributed by atoms with Crippen LogP contribution in [-0.4, -0.2) is 22.3 Å². The minimum Gasteiger partial charge on any atom is -0.366 e. The number of hydrogen-bond donors (Lipinski definition) is 2. The highest BCUT2D eigenvalue weighted by atomic mass is 15.2. The molecule has 4 nitrogen and oxygen atoms in total. The molecule has 1 aliphatic carbocycles. The molecule has 0 atom stereocenters. The van der Waals surface area contributed by atoms with Crippen LogP contribution in [0.2, 0.25) is 0 Å². The van der Waals surface area contributed by atoms with Gasteiger partial charge in [0.2, 0.25) is 0 Å². The van der Waals surface area contributed by atoms with Crippen molar-refractivity contribution in [3.63, 3.8) is 0 Å². The van der Waals surface area contributed by atoms with Gasteiger partial charge in [-0.3, -0.25) is 0 Å². The summed E-state index contributed by atoms with van der Waals surface area (Å²) in [5.41, 5.74) is 6.99. The number of anilines is 1. The molecule has 4 heteroatoms. The predicted molar refractivity (Wildman–Crippen MR) is 74.6 cm³/mol. The second kappa shape index (κ2) is 5.22. The number of nitrogens with two attached hydrogens (primary N) is 1. The highest BCUT2D eigenvalue weighted by Crippen LogP contribution is 2.22. The van der Waals surface area contributed by atoms with E-state index >= 15 is 0 Å². The molecule has 0 aliphatic heterocycles. The Morgan fingerprint density at radius 2 is 1.78 bits per heavy atom. The first kappa shape index (κ1) is 13.3. The summed E-state index contributed by atoms with van der Waals surface area (Å²) < 4.78 is 0. The normalized spacial score (nSPS) is 24.9. The number of rotatable bonds is 2. The molecule has 3 N–H and O–H groups in total.